The molecule has 0 aromatic heterocycles. The van der Waals surface area contributed by atoms with Crippen LogP contribution in [0.15, 0.2) is 10.2 Å². The van der Waals surface area contributed by atoms with E-state index in [4.69, 9.17) is 30.3 Å². The molecule has 2 fully saturated rings. The average molecular weight is 764 g/mol. The first-order valence-corrected chi connectivity index (χ1v) is 14.0. The van der Waals surface area contributed by atoms with E-state index in [2.05, 4.69) is 40.1 Å². The molecular formula is C17H31IN8O13PV-. The molecule has 0 aromatic rings. The number of carbonyl (C=O) groups excluding carboxylic acids is 2. The van der Waals surface area contributed by atoms with Crippen molar-refractivity contribution in [2.24, 2.45) is 10.2 Å². The Morgan fingerprint density at radius 3 is 1.66 bits per heavy atom. The second-order valence-corrected chi connectivity index (χ2v) is 9.14. The van der Waals surface area contributed by atoms with Gasteiger partial charge in [0.2, 0.25) is 11.8 Å². The standard InChI is InChI=1S/C8H15N4O8P.C8H14N4O5.CH2I.V/c1-3(13)11-5-7(15)6(14)4(2-10-12-9)19-8(5)20-21(16,17)18;1-3(13)11-5-7(15)6(14)4(2-10-12-9)17-8(5)16;1-2;/h4-8,14-15H,2H2,1H3,(H,11,13)(H2,16,17,18);4-8,14-16H,2H2,1H3,(H,11,13);1H2;/q;;-1;. The molecule has 21 nitrogen and oxygen atoms in total. The molecule has 2 rings (SSSR count). The Morgan fingerprint density at radius 1 is 0.878 bits per heavy atom. The molecule has 0 bridgehead atoms. The number of nitrogens with zero attached hydrogens (tertiary/aromatic N) is 6. The monoisotopic (exact) mass is 764 g/mol. The molecule has 1 radical (unpaired) electrons. The molecule has 0 aliphatic carbocycles. The van der Waals surface area contributed by atoms with Crippen molar-refractivity contribution in [1.29, 1.82) is 0 Å². The number of halogens is 1. The van der Waals surface area contributed by atoms with Crippen LogP contribution in [0.3, 0.4) is 0 Å². The third-order valence-electron chi connectivity index (χ3n) is 5.05. The predicted octanol–water partition coefficient (Wildman–Crippen LogP) is -2.19. The van der Waals surface area contributed by atoms with Crippen LogP contribution in [0.2, 0.25) is 0 Å². The molecule has 2 aliphatic heterocycles. The molecular weight excluding hydrogens is 733 g/mol. The van der Waals surface area contributed by atoms with Gasteiger partial charge in [0.15, 0.2) is 12.6 Å². The van der Waals surface area contributed by atoms with E-state index in [1.165, 1.54) is 6.92 Å². The number of aliphatic hydroxyl groups excluding tert-OH is 5. The maximum absolute atomic E-state index is 11.1. The van der Waals surface area contributed by atoms with Crippen molar-refractivity contribution < 1.29 is 82.0 Å². The van der Waals surface area contributed by atoms with Crippen LogP contribution in [0.25, 0.3) is 20.9 Å². The van der Waals surface area contributed by atoms with Crippen LogP contribution >= 0.6 is 30.4 Å². The quantitative estimate of drug-likeness (QED) is 0.0317. The van der Waals surface area contributed by atoms with Crippen molar-refractivity contribution in [2.75, 3.05) is 13.1 Å². The Balaban J connectivity index is 0. The van der Waals surface area contributed by atoms with E-state index < -0.39 is 87.5 Å². The van der Waals surface area contributed by atoms with Crippen molar-refractivity contribution in [3.05, 3.63) is 25.8 Å². The van der Waals surface area contributed by atoms with E-state index in [1.54, 1.807) is 0 Å². The number of carbonyl (C=O) groups is 2. The number of hydrogen-bond acceptors (Lipinski definition) is 13. The minimum absolute atomic E-state index is 0. The van der Waals surface area contributed by atoms with Crippen molar-refractivity contribution in [3.63, 3.8) is 0 Å². The summed E-state index contributed by atoms with van der Waals surface area (Å²) in [5.41, 5.74) is 16.3. The largest absolute Gasteiger partial charge is 0.472 e. The van der Waals surface area contributed by atoms with E-state index in [-0.39, 0.29) is 25.1 Å². The molecule has 0 saturated carbocycles. The Bertz CT molecular complexity index is 972. The summed E-state index contributed by atoms with van der Waals surface area (Å²) in [5.74, 6) is -1.11. The first-order valence-electron chi connectivity index (χ1n) is 10.9. The Morgan fingerprint density at radius 2 is 1.27 bits per heavy atom. The second kappa shape index (κ2) is 20.6. The Kier molecular flexibility index (Phi) is 21.0. The summed E-state index contributed by atoms with van der Waals surface area (Å²) in [5, 5.41) is 59.3. The molecule has 41 heavy (non-hydrogen) atoms. The SMILES string of the molecule is CC(=O)NC1C(O)OC(CN=[N+]=[N-])C(O)C1O.CC(=O)NC1C(OP(=O)(O)O)OC(CN=[N+]=[N-])C(O)C1O.[CH2-]I.[V]. The van der Waals surface area contributed by atoms with Gasteiger partial charge in [0.05, 0.1) is 25.3 Å². The number of ether oxygens (including phenoxy) is 2. The van der Waals surface area contributed by atoms with Gasteiger partial charge in [-0.1, -0.05) is 10.2 Å². The van der Waals surface area contributed by atoms with Crippen molar-refractivity contribution in [1.82, 2.24) is 10.6 Å². The normalized spacial score (nSPS) is 32.5. The van der Waals surface area contributed by atoms with Gasteiger partial charge in [-0.15, -0.1) is 0 Å². The molecule has 235 valence electrons. The van der Waals surface area contributed by atoms with Crippen LogP contribution < -0.4 is 10.6 Å². The molecule has 2 aliphatic rings. The maximum Gasteiger partial charge on any atom is 0.472 e. The predicted molar refractivity (Wildman–Crippen MR) is 139 cm³/mol. The summed E-state index contributed by atoms with van der Waals surface area (Å²) in [7, 11) is -4.99. The first-order chi connectivity index (χ1) is 18.6. The fourth-order valence-electron chi connectivity index (χ4n) is 3.42. The number of azide groups is 2. The molecule has 2 saturated heterocycles. The molecule has 2 heterocycles. The molecule has 10 atom stereocenters. The number of rotatable bonds is 8. The smallest absolute Gasteiger partial charge is 0.388 e. The zero-order valence-corrected chi connectivity index (χ0v) is 25.9. The number of amides is 2. The summed E-state index contributed by atoms with van der Waals surface area (Å²) < 4.78 is 25.2. The van der Waals surface area contributed by atoms with E-state index >= 15 is 0 Å². The van der Waals surface area contributed by atoms with Gasteiger partial charge in [-0.25, -0.2) is 4.57 Å². The van der Waals surface area contributed by atoms with Crippen LogP contribution in [0.5, 0.6) is 0 Å². The molecule has 24 heteroatoms. The third kappa shape index (κ3) is 14.6. The van der Waals surface area contributed by atoms with Gasteiger partial charge in [-0.2, -0.15) is 0 Å². The van der Waals surface area contributed by atoms with Gasteiger partial charge in [-0.05, 0) is 11.1 Å². The number of aliphatic hydroxyl groups is 5. The number of phosphoric acid groups is 1. The summed E-state index contributed by atoms with van der Waals surface area (Å²) in [6, 6.07) is -2.53. The fourth-order valence-corrected chi connectivity index (χ4v) is 3.87. The average Bonchev–Trinajstić information content (AvgIpc) is 2.87. The topological polar surface area (TPSA) is 342 Å². The van der Waals surface area contributed by atoms with Gasteiger partial charge >= 0.3 is 7.82 Å². The second-order valence-electron chi connectivity index (χ2n) is 7.95. The van der Waals surface area contributed by atoms with Crippen molar-refractivity contribution >= 4 is 42.2 Å². The van der Waals surface area contributed by atoms with E-state index in [0.717, 1.165) is 6.92 Å². The summed E-state index contributed by atoms with van der Waals surface area (Å²) in [4.78, 5) is 47.6. The molecule has 9 N–H and O–H groups in total. The molecule has 0 aromatic carbocycles. The van der Waals surface area contributed by atoms with Gasteiger partial charge in [0, 0.05) is 42.2 Å². The fraction of sp³-hybridized carbons (Fsp3) is 0.824. The van der Waals surface area contributed by atoms with Crippen LogP contribution in [0.1, 0.15) is 13.8 Å². The van der Waals surface area contributed by atoms with Crippen molar-refractivity contribution in [2.45, 2.75) is 75.1 Å². The first kappa shape index (κ1) is 41.8. The zero-order chi connectivity index (χ0) is 31.2. The van der Waals surface area contributed by atoms with Crippen molar-refractivity contribution in [3.8, 4) is 0 Å². The van der Waals surface area contributed by atoms with E-state index in [9.17, 15) is 39.7 Å². The van der Waals surface area contributed by atoms with Gasteiger partial charge < -0.3 is 78.0 Å². The molecule has 0 spiro atoms. The van der Waals surface area contributed by atoms with Crippen LogP contribution in [0, 0.1) is 4.93 Å². The van der Waals surface area contributed by atoms with Gasteiger partial charge in [0.1, 0.15) is 36.5 Å². The number of phosphoric ester groups is 1. The van der Waals surface area contributed by atoms with E-state index in [1.807, 2.05) is 22.6 Å². The Hall–Kier alpha value is -1.30. The van der Waals surface area contributed by atoms with Gasteiger partial charge in [0.25, 0.3) is 0 Å². The summed E-state index contributed by atoms with van der Waals surface area (Å²) in [6.07, 6.45) is -11.4. The molecule has 2 amide bonds. The number of hydrogen-bond donors (Lipinski definition) is 9. The molecule has 10 unspecified atom stereocenters. The Labute approximate surface area is 258 Å². The van der Waals surface area contributed by atoms with Crippen LogP contribution in [0.4, 0.5) is 0 Å². The van der Waals surface area contributed by atoms with Crippen LogP contribution in [-0.4, -0.2) is 122 Å². The van der Waals surface area contributed by atoms with E-state index in [0.29, 0.717) is 0 Å². The zero-order valence-electron chi connectivity index (χ0n) is 21.4. The third-order valence-corrected chi connectivity index (χ3v) is 5.53. The minimum atomic E-state index is -4.99. The van der Waals surface area contributed by atoms with Gasteiger partial charge in [-0.3, -0.25) is 19.0 Å². The summed E-state index contributed by atoms with van der Waals surface area (Å²) >= 11 is 1.90. The number of nitrogens with one attached hydrogen (secondary N) is 2. The van der Waals surface area contributed by atoms with Crippen LogP contribution in [-0.2, 0) is 46.7 Å². The summed E-state index contributed by atoms with van der Waals surface area (Å²) in [6.45, 7) is 1.68. The maximum atomic E-state index is 11.1. The minimum Gasteiger partial charge on any atom is -0.388 e.